The van der Waals surface area contributed by atoms with Gasteiger partial charge < -0.3 is 10.7 Å². The summed E-state index contributed by atoms with van der Waals surface area (Å²) in [5.74, 6) is -0.238. The molecule has 0 fully saturated rings. The Kier molecular flexibility index (Phi) is 5.48. The quantitative estimate of drug-likeness (QED) is 0.701. The number of amides is 1. The van der Waals surface area contributed by atoms with E-state index in [1.54, 1.807) is 0 Å². The SMILES string of the molecule is CC(=O)Nc1ccc(S(=O)(=O)NNc2cc(Cl)cc(Cl)c2)cc1. The Morgan fingerprint density at radius 3 is 2.04 bits per heavy atom. The number of rotatable bonds is 5. The number of nitrogens with one attached hydrogen (secondary N) is 3. The summed E-state index contributed by atoms with van der Waals surface area (Å²) < 4.78 is 24.4. The molecule has 0 saturated carbocycles. The van der Waals surface area contributed by atoms with Crippen LogP contribution in [0.4, 0.5) is 11.4 Å². The topological polar surface area (TPSA) is 87.3 Å². The van der Waals surface area contributed by atoms with Crippen LogP contribution in [0, 0.1) is 0 Å². The van der Waals surface area contributed by atoms with Crippen LogP contribution in [0.5, 0.6) is 0 Å². The van der Waals surface area contributed by atoms with E-state index in [9.17, 15) is 13.2 Å². The molecule has 0 unspecified atom stereocenters. The second kappa shape index (κ2) is 7.18. The molecule has 6 nitrogen and oxygen atoms in total. The van der Waals surface area contributed by atoms with Crippen LogP contribution in [0.3, 0.4) is 0 Å². The molecule has 0 aliphatic rings. The summed E-state index contributed by atoms with van der Waals surface area (Å²) in [5.41, 5.74) is 3.44. The van der Waals surface area contributed by atoms with Crippen LogP contribution in [0.15, 0.2) is 47.4 Å². The van der Waals surface area contributed by atoms with Crippen LogP contribution in [-0.4, -0.2) is 14.3 Å². The van der Waals surface area contributed by atoms with Gasteiger partial charge in [-0.15, -0.1) is 4.83 Å². The van der Waals surface area contributed by atoms with Crippen molar-refractivity contribution in [2.75, 3.05) is 10.7 Å². The molecule has 0 aliphatic carbocycles. The molecule has 2 aromatic rings. The first-order valence-corrected chi connectivity index (χ1v) is 8.62. The maximum absolute atomic E-state index is 12.2. The average molecular weight is 374 g/mol. The number of hydrogen-bond donors (Lipinski definition) is 3. The number of sulfonamides is 1. The highest BCUT2D eigenvalue weighted by molar-refractivity contribution is 7.89. The van der Waals surface area contributed by atoms with Crippen molar-refractivity contribution < 1.29 is 13.2 Å². The van der Waals surface area contributed by atoms with E-state index < -0.39 is 10.0 Å². The highest BCUT2D eigenvalue weighted by Gasteiger charge is 2.13. The standard InChI is InChI=1S/C14H13Cl2N3O3S/c1-9(20)17-12-2-4-14(5-3-12)23(21,22)19-18-13-7-10(15)6-11(16)8-13/h2-8,18-19H,1H3,(H,17,20). The predicted molar refractivity (Wildman–Crippen MR) is 91.2 cm³/mol. The Morgan fingerprint density at radius 2 is 1.52 bits per heavy atom. The fourth-order valence-electron chi connectivity index (χ4n) is 1.73. The van der Waals surface area contributed by atoms with Gasteiger partial charge in [0.25, 0.3) is 10.0 Å². The minimum absolute atomic E-state index is 0.0345. The van der Waals surface area contributed by atoms with Crippen molar-refractivity contribution in [3.05, 3.63) is 52.5 Å². The third-order valence-electron chi connectivity index (χ3n) is 2.68. The zero-order chi connectivity index (χ0) is 17.0. The molecule has 0 radical (unpaired) electrons. The number of carbonyl (C=O) groups excluding carboxylic acids is 1. The third-order valence-corrected chi connectivity index (χ3v) is 4.38. The van der Waals surface area contributed by atoms with E-state index in [4.69, 9.17) is 23.2 Å². The van der Waals surface area contributed by atoms with Gasteiger partial charge in [0, 0.05) is 22.7 Å². The Bertz CT molecular complexity index is 803. The van der Waals surface area contributed by atoms with E-state index >= 15 is 0 Å². The van der Waals surface area contributed by atoms with Gasteiger partial charge >= 0.3 is 0 Å². The van der Waals surface area contributed by atoms with Crippen molar-refractivity contribution in [2.45, 2.75) is 11.8 Å². The molecule has 0 aliphatic heterocycles. The van der Waals surface area contributed by atoms with Gasteiger partial charge in [0.1, 0.15) is 0 Å². The van der Waals surface area contributed by atoms with E-state index in [0.29, 0.717) is 21.4 Å². The highest BCUT2D eigenvalue weighted by atomic mass is 35.5. The molecule has 2 rings (SSSR count). The van der Waals surface area contributed by atoms with Gasteiger partial charge in [-0.3, -0.25) is 4.79 Å². The van der Waals surface area contributed by atoms with E-state index in [-0.39, 0.29) is 10.8 Å². The summed E-state index contributed by atoms with van der Waals surface area (Å²) in [7, 11) is -3.79. The molecule has 1 amide bonds. The second-order valence-corrected chi connectivity index (χ2v) is 7.15. The van der Waals surface area contributed by atoms with Gasteiger partial charge in [0.15, 0.2) is 0 Å². The lowest BCUT2D eigenvalue weighted by atomic mass is 10.3. The van der Waals surface area contributed by atoms with Gasteiger partial charge in [0.2, 0.25) is 5.91 Å². The highest BCUT2D eigenvalue weighted by Crippen LogP contribution is 2.22. The van der Waals surface area contributed by atoms with Gasteiger partial charge in [-0.25, -0.2) is 8.42 Å². The van der Waals surface area contributed by atoms with Crippen molar-refractivity contribution >= 4 is 50.5 Å². The zero-order valence-electron chi connectivity index (χ0n) is 11.9. The first-order chi connectivity index (χ1) is 10.8. The number of benzene rings is 2. The molecule has 0 saturated heterocycles. The van der Waals surface area contributed by atoms with Crippen molar-refractivity contribution in [1.82, 2.24) is 4.83 Å². The van der Waals surface area contributed by atoms with Crippen LogP contribution < -0.4 is 15.6 Å². The average Bonchev–Trinajstić information content (AvgIpc) is 2.44. The fraction of sp³-hybridized carbons (Fsp3) is 0.0714. The zero-order valence-corrected chi connectivity index (χ0v) is 14.3. The van der Waals surface area contributed by atoms with Gasteiger partial charge in [-0.2, -0.15) is 0 Å². The number of carbonyl (C=O) groups is 1. The first-order valence-electron chi connectivity index (χ1n) is 6.38. The van der Waals surface area contributed by atoms with E-state index in [1.165, 1.54) is 49.4 Å². The molecule has 122 valence electrons. The number of anilines is 2. The summed E-state index contributed by atoms with van der Waals surface area (Å²) in [4.78, 5) is 13.2. The Morgan fingerprint density at radius 1 is 0.957 bits per heavy atom. The molecular formula is C14H13Cl2N3O3S. The Hall–Kier alpha value is -1.80. The molecule has 0 atom stereocenters. The van der Waals surface area contributed by atoms with E-state index in [0.717, 1.165) is 0 Å². The van der Waals surface area contributed by atoms with Crippen LogP contribution in [0.2, 0.25) is 10.0 Å². The minimum Gasteiger partial charge on any atom is -0.326 e. The monoisotopic (exact) mass is 373 g/mol. The van der Waals surface area contributed by atoms with Crippen LogP contribution >= 0.6 is 23.2 Å². The molecule has 0 spiro atoms. The summed E-state index contributed by atoms with van der Waals surface area (Å²) in [5, 5.41) is 3.30. The summed E-state index contributed by atoms with van der Waals surface area (Å²) in [6, 6.07) is 10.3. The summed E-state index contributed by atoms with van der Waals surface area (Å²) in [6.45, 7) is 1.37. The molecule has 9 heteroatoms. The largest absolute Gasteiger partial charge is 0.326 e. The van der Waals surface area contributed by atoms with Crippen molar-refractivity contribution in [2.24, 2.45) is 0 Å². The van der Waals surface area contributed by atoms with Gasteiger partial charge in [-0.1, -0.05) is 23.2 Å². The Balaban J connectivity index is 2.10. The number of halogens is 2. The van der Waals surface area contributed by atoms with Crippen molar-refractivity contribution in [3.63, 3.8) is 0 Å². The molecular weight excluding hydrogens is 361 g/mol. The molecule has 23 heavy (non-hydrogen) atoms. The van der Waals surface area contributed by atoms with Gasteiger partial charge in [-0.05, 0) is 42.5 Å². The van der Waals surface area contributed by atoms with Crippen LogP contribution in [0.25, 0.3) is 0 Å². The second-order valence-electron chi connectivity index (χ2n) is 4.59. The predicted octanol–water partition coefficient (Wildman–Crippen LogP) is 3.26. The summed E-state index contributed by atoms with van der Waals surface area (Å²) in [6.07, 6.45) is 0. The maximum Gasteiger partial charge on any atom is 0.257 e. The molecule has 3 N–H and O–H groups in total. The third kappa shape index (κ3) is 5.11. The molecule has 2 aromatic carbocycles. The first kappa shape index (κ1) is 17.6. The van der Waals surface area contributed by atoms with E-state index in [2.05, 4.69) is 15.6 Å². The van der Waals surface area contributed by atoms with Gasteiger partial charge in [0.05, 0.1) is 10.6 Å². The van der Waals surface area contributed by atoms with Crippen LogP contribution in [-0.2, 0) is 14.8 Å². The molecule has 0 aromatic heterocycles. The number of hydrazine groups is 1. The number of hydrogen-bond acceptors (Lipinski definition) is 4. The maximum atomic E-state index is 12.2. The summed E-state index contributed by atoms with van der Waals surface area (Å²) >= 11 is 11.7. The lowest BCUT2D eigenvalue weighted by molar-refractivity contribution is -0.114. The Labute approximate surface area is 143 Å². The van der Waals surface area contributed by atoms with Crippen LogP contribution in [0.1, 0.15) is 6.92 Å². The van der Waals surface area contributed by atoms with Crippen molar-refractivity contribution in [1.29, 1.82) is 0 Å². The smallest absolute Gasteiger partial charge is 0.257 e. The lowest BCUT2D eigenvalue weighted by Gasteiger charge is -2.11. The normalized spacial score (nSPS) is 11.1. The fourth-order valence-corrected chi connectivity index (χ4v) is 3.12. The van der Waals surface area contributed by atoms with E-state index in [1.807, 2.05) is 0 Å². The molecule has 0 heterocycles. The molecule has 0 bridgehead atoms. The minimum atomic E-state index is -3.79. The lowest BCUT2D eigenvalue weighted by Crippen LogP contribution is -2.29. The van der Waals surface area contributed by atoms with Crippen molar-refractivity contribution in [3.8, 4) is 0 Å².